The summed E-state index contributed by atoms with van der Waals surface area (Å²) in [5.74, 6) is 3.80. The number of ether oxygens (including phenoxy) is 2. The molecule has 0 saturated heterocycles. The van der Waals surface area contributed by atoms with Crippen LogP contribution < -0.4 is 36.2 Å². The average molecular weight is 675 g/mol. The van der Waals surface area contributed by atoms with Crippen molar-refractivity contribution in [3.8, 4) is 45.3 Å². The average Bonchev–Trinajstić information content (AvgIpc) is 3.08. The summed E-state index contributed by atoms with van der Waals surface area (Å²) in [6.07, 6.45) is 2.46. The van der Waals surface area contributed by atoms with Gasteiger partial charge in [-0.05, 0) is 69.0 Å². The summed E-state index contributed by atoms with van der Waals surface area (Å²) in [5.41, 5.74) is 12.0. The molecule has 5 aromatic carbocycles. The predicted octanol–water partition coefficient (Wildman–Crippen LogP) is 8.94. The summed E-state index contributed by atoms with van der Waals surface area (Å²) in [6, 6.07) is 36.8. The van der Waals surface area contributed by atoms with Crippen molar-refractivity contribution in [1.82, 2.24) is 0 Å². The third-order valence-corrected chi connectivity index (χ3v) is 19.5. The van der Waals surface area contributed by atoms with Gasteiger partial charge >= 0.3 is 0 Å². The molecule has 0 atom stereocenters. The lowest BCUT2D eigenvalue weighted by Gasteiger charge is -2.43. The molecule has 0 bridgehead atoms. The minimum atomic E-state index is -1.55. The Hall–Kier alpha value is -3.80. The smallest absolute Gasteiger partial charge is 0.260 e. The first-order chi connectivity index (χ1) is 23.3. The minimum absolute atomic E-state index is 0.0235. The fourth-order valence-corrected chi connectivity index (χ4v) is 16.2. The number of rotatable bonds is 2. The van der Waals surface area contributed by atoms with Gasteiger partial charge in [0.05, 0.1) is 16.1 Å². The molecule has 5 aromatic rings. The second-order valence-corrected chi connectivity index (χ2v) is 27.4. The van der Waals surface area contributed by atoms with E-state index in [2.05, 4.69) is 145 Å². The highest BCUT2D eigenvalue weighted by Crippen LogP contribution is 2.48. The summed E-state index contributed by atoms with van der Waals surface area (Å²) in [6.45, 7) is 20.0. The Morgan fingerprint density at radius 1 is 0.510 bits per heavy atom. The van der Waals surface area contributed by atoms with E-state index in [0.29, 0.717) is 0 Å². The highest BCUT2D eigenvalue weighted by Gasteiger charge is 2.45. The molecule has 2 nitrogen and oxygen atoms in total. The van der Waals surface area contributed by atoms with Crippen LogP contribution in [-0.2, 0) is 10.8 Å². The molecule has 0 spiro atoms. The largest absolute Gasteiger partial charge is 0.458 e. The standard InChI is InChI=1S/C44H47BO2Si2/c1-43(2)24-26-48(5,6)36-22-11-14-28(38(36)43)30-16-9-18-32-41(30)46-34-20-13-21-35-40(34)45(32)33-19-10-17-31(42(33)47-35)29-15-12-23-37-39(29)44(3,4)25-27-49(37,7)8/h9-23H,24-27H2,1-8H3. The van der Waals surface area contributed by atoms with Crippen LogP contribution in [0.15, 0.2) is 91.0 Å². The van der Waals surface area contributed by atoms with Crippen LogP contribution in [0, 0.1) is 0 Å². The van der Waals surface area contributed by atoms with Gasteiger partial charge in [-0.1, -0.05) is 155 Å². The third-order valence-electron chi connectivity index (χ3n) is 12.7. The normalized spacial score (nSPS) is 19.6. The molecule has 0 saturated carbocycles. The molecule has 0 aromatic heterocycles. The Kier molecular flexibility index (Phi) is 6.60. The summed E-state index contributed by atoms with van der Waals surface area (Å²) in [5, 5.41) is 3.22. The van der Waals surface area contributed by atoms with E-state index in [4.69, 9.17) is 9.47 Å². The van der Waals surface area contributed by atoms with Crippen LogP contribution >= 0.6 is 0 Å². The molecule has 0 radical (unpaired) electrons. The molecule has 4 aliphatic rings. The van der Waals surface area contributed by atoms with Gasteiger partial charge in [0.2, 0.25) is 0 Å². The van der Waals surface area contributed by atoms with Crippen LogP contribution in [0.25, 0.3) is 22.3 Å². The van der Waals surface area contributed by atoms with Crippen LogP contribution in [0.3, 0.4) is 0 Å². The van der Waals surface area contributed by atoms with Crippen molar-refractivity contribution < 1.29 is 9.47 Å². The van der Waals surface area contributed by atoms with Crippen LogP contribution in [0.1, 0.15) is 51.7 Å². The lowest BCUT2D eigenvalue weighted by molar-refractivity contribution is 0.465. The third kappa shape index (κ3) is 4.50. The molecule has 0 unspecified atom stereocenters. The van der Waals surface area contributed by atoms with E-state index < -0.39 is 16.1 Å². The maximum absolute atomic E-state index is 7.01. The van der Waals surface area contributed by atoms with Crippen LogP contribution in [0.5, 0.6) is 23.0 Å². The fraction of sp³-hybridized carbons (Fsp3) is 0.318. The summed E-state index contributed by atoms with van der Waals surface area (Å²) in [7, 11) is -3.09. The van der Waals surface area contributed by atoms with Gasteiger partial charge in [0, 0.05) is 16.6 Å². The Labute approximate surface area is 295 Å². The molecular weight excluding hydrogens is 627 g/mol. The number of hydrogen-bond acceptors (Lipinski definition) is 2. The molecule has 5 heteroatoms. The van der Waals surface area contributed by atoms with Gasteiger partial charge in [-0.2, -0.15) is 0 Å². The van der Waals surface area contributed by atoms with Gasteiger partial charge in [-0.25, -0.2) is 0 Å². The van der Waals surface area contributed by atoms with Crippen molar-refractivity contribution in [2.24, 2.45) is 0 Å². The van der Waals surface area contributed by atoms with Crippen LogP contribution in [0.4, 0.5) is 0 Å². The van der Waals surface area contributed by atoms with Crippen molar-refractivity contribution in [2.75, 3.05) is 0 Å². The lowest BCUT2D eigenvalue weighted by Crippen LogP contribution is -2.57. The van der Waals surface area contributed by atoms with E-state index in [1.165, 1.54) is 69.2 Å². The molecule has 0 N–H and O–H groups in total. The lowest BCUT2D eigenvalue weighted by atomic mass is 9.34. The zero-order chi connectivity index (χ0) is 34.1. The summed E-state index contributed by atoms with van der Waals surface area (Å²) in [4.78, 5) is 0. The first-order valence-electron chi connectivity index (χ1n) is 18.3. The maximum Gasteiger partial charge on any atom is 0.260 e. The Bertz CT molecular complexity index is 2060. The number of hydrogen-bond donors (Lipinski definition) is 0. The topological polar surface area (TPSA) is 18.5 Å². The highest BCUT2D eigenvalue weighted by molar-refractivity contribution is 6.98. The van der Waals surface area contributed by atoms with Gasteiger partial charge < -0.3 is 9.47 Å². The number of benzene rings is 5. The zero-order valence-electron chi connectivity index (χ0n) is 30.4. The first-order valence-corrected chi connectivity index (χ1v) is 24.7. The quantitative estimate of drug-likeness (QED) is 0.171. The predicted molar refractivity (Wildman–Crippen MR) is 214 cm³/mol. The minimum Gasteiger partial charge on any atom is -0.458 e. The highest BCUT2D eigenvalue weighted by atomic mass is 28.3. The maximum atomic E-state index is 7.01. The zero-order valence-corrected chi connectivity index (χ0v) is 32.4. The van der Waals surface area contributed by atoms with Crippen molar-refractivity contribution in [1.29, 1.82) is 0 Å². The van der Waals surface area contributed by atoms with E-state index >= 15 is 0 Å². The van der Waals surface area contributed by atoms with Crippen molar-refractivity contribution >= 4 is 49.6 Å². The van der Waals surface area contributed by atoms with Crippen molar-refractivity contribution in [2.45, 2.75) is 89.6 Å². The molecular formula is C44H47BO2Si2. The Morgan fingerprint density at radius 3 is 1.35 bits per heavy atom. The fourth-order valence-electron chi connectivity index (χ4n) is 9.81. The van der Waals surface area contributed by atoms with E-state index in [9.17, 15) is 0 Å². The molecule has 0 aliphatic carbocycles. The summed E-state index contributed by atoms with van der Waals surface area (Å²) < 4.78 is 14.0. The Balaban J connectivity index is 1.28. The molecule has 4 aliphatic heterocycles. The molecule has 49 heavy (non-hydrogen) atoms. The van der Waals surface area contributed by atoms with E-state index in [-0.39, 0.29) is 17.5 Å². The molecule has 246 valence electrons. The van der Waals surface area contributed by atoms with Gasteiger partial charge in [0.15, 0.2) is 0 Å². The van der Waals surface area contributed by atoms with Crippen molar-refractivity contribution in [3.05, 3.63) is 102 Å². The van der Waals surface area contributed by atoms with Crippen LogP contribution in [0.2, 0.25) is 38.3 Å². The molecule has 4 heterocycles. The van der Waals surface area contributed by atoms with Gasteiger partial charge in [0.1, 0.15) is 23.0 Å². The van der Waals surface area contributed by atoms with E-state index in [1.807, 2.05) is 0 Å². The van der Waals surface area contributed by atoms with E-state index in [1.54, 1.807) is 10.4 Å². The second kappa shape index (κ2) is 10.4. The van der Waals surface area contributed by atoms with Crippen LogP contribution in [-0.4, -0.2) is 22.9 Å². The number of para-hydroxylation sites is 2. The van der Waals surface area contributed by atoms with Gasteiger partial charge in [-0.15, -0.1) is 0 Å². The summed E-state index contributed by atoms with van der Waals surface area (Å²) >= 11 is 0. The number of fused-ring (bicyclic) bond motifs is 6. The first kappa shape index (κ1) is 31.2. The van der Waals surface area contributed by atoms with Crippen molar-refractivity contribution in [3.63, 3.8) is 0 Å². The second-order valence-electron chi connectivity index (χ2n) is 17.7. The molecule has 0 fully saturated rings. The SMILES string of the molecule is CC1(C)CC[Si](C)(C)c2cccc(-c3cccc4c3Oc3cccc5c3B4c3cccc(-c4cccc6c4C(C)(C)CC[Si]6(C)C)c3O5)c21. The molecule has 0 amide bonds. The molecule has 9 rings (SSSR count). The Morgan fingerprint density at radius 2 is 0.898 bits per heavy atom. The van der Waals surface area contributed by atoms with Gasteiger partial charge in [-0.3, -0.25) is 0 Å². The van der Waals surface area contributed by atoms with E-state index in [0.717, 1.165) is 28.5 Å². The monoisotopic (exact) mass is 674 g/mol. The van der Waals surface area contributed by atoms with Gasteiger partial charge in [0.25, 0.3) is 6.71 Å².